The van der Waals surface area contributed by atoms with Crippen LogP contribution in [0.1, 0.15) is 23.2 Å². The van der Waals surface area contributed by atoms with Gasteiger partial charge in [-0.2, -0.15) is 0 Å². The minimum atomic E-state index is -0.665. The lowest BCUT2D eigenvalue weighted by molar-refractivity contribution is -0.147. The van der Waals surface area contributed by atoms with E-state index in [2.05, 4.69) is 21.2 Å². The predicted molar refractivity (Wildman–Crippen MR) is 64.7 cm³/mol. The Bertz CT molecular complexity index is 511. The molecule has 0 bridgehead atoms. The Morgan fingerprint density at radius 3 is 2.89 bits per heavy atom. The molecule has 18 heavy (non-hydrogen) atoms. The molecule has 3 amide bonds. The van der Waals surface area contributed by atoms with Crippen molar-refractivity contribution < 1.29 is 18.8 Å². The molecule has 0 saturated carbocycles. The van der Waals surface area contributed by atoms with Crippen molar-refractivity contribution in [3.05, 3.63) is 22.6 Å². The van der Waals surface area contributed by atoms with Crippen LogP contribution in [0, 0.1) is 0 Å². The van der Waals surface area contributed by atoms with Gasteiger partial charge in [0.2, 0.25) is 5.91 Å². The molecule has 0 radical (unpaired) electrons. The average Bonchev–Trinajstić information content (AvgIpc) is 2.76. The van der Waals surface area contributed by atoms with Gasteiger partial charge < -0.3 is 9.73 Å². The summed E-state index contributed by atoms with van der Waals surface area (Å²) in [6, 6.07) is 0.837. The van der Waals surface area contributed by atoms with Crippen LogP contribution in [0.5, 0.6) is 0 Å². The lowest BCUT2D eigenvalue weighted by Gasteiger charge is -2.28. The second-order valence-electron chi connectivity index (χ2n) is 3.96. The van der Waals surface area contributed by atoms with Crippen molar-refractivity contribution in [1.29, 1.82) is 0 Å². The molecule has 1 unspecified atom stereocenters. The quantitative estimate of drug-likeness (QED) is 0.823. The molecule has 1 aromatic rings. The molecule has 6 nitrogen and oxygen atoms in total. The third-order valence-corrected chi connectivity index (χ3v) is 3.43. The first-order chi connectivity index (χ1) is 8.50. The van der Waals surface area contributed by atoms with E-state index in [4.69, 9.17) is 4.42 Å². The van der Waals surface area contributed by atoms with Crippen LogP contribution in [-0.2, 0) is 9.59 Å². The molecule has 2 heterocycles. The molecule has 1 fully saturated rings. The van der Waals surface area contributed by atoms with E-state index in [9.17, 15) is 14.4 Å². The molecule has 0 aromatic carbocycles. The number of piperidine rings is 1. The van der Waals surface area contributed by atoms with Gasteiger partial charge in [0, 0.05) is 13.5 Å². The van der Waals surface area contributed by atoms with Gasteiger partial charge in [0.05, 0.1) is 11.8 Å². The molecule has 1 N–H and O–H groups in total. The third kappa shape index (κ3) is 2.31. The fraction of sp³-hybridized carbons (Fsp3) is 0.364. The number of nitrogens with zero attached hydrogens (tertiary/aromatic N) is 1. The van der Waals surface area contributed by atoms with Gasteiger partial charge >= 0.3 is 0 Å². The molecule has 0 spiro atoms. The first kappa shape index (κ1) is 12.8. The molecule has 1 atom stereocenters. The number of carbonyl (C=O) groups is 3. The Hall–Kier alpha value is -1.63. The Morgan fingerprint density at radius 1 is 1.56 bits per heavy atom. The third-order valence-electron chi connectivity index (χ3n) is 2.82. The fourth-order valence-corrected chi connectivity index (χ4v) is 2.16. The van der Waals surface area contributed by atoms with E-state index in [1.807, 2.05) is 0 Å². The van der Waals surface area contributed by atoms with Crippen molar-refractivity contribution >= 4 is 33.7 Å². The number of hydrogen-bond acceptors (Lipinski definition) is 4. The van der Waals surface area contributed by atoms with Gasteiger partial charge in [-0.25, -0.2) is 0 Å². The zero-order valence-corrected chi connectivity index (χ0v) is 11.2. The first-order valence-electron chi connectivity index (χ1n) is 5.35. The lowest BCUT2D eigenvalue weighted by atomic mass is 10.0. The van der Waals surface area contributed by atoms with Crippen LogP contribution in [0.4, 0.5) is 0 Å². The van der Waals surface area contributed by atoms with E-state index >= 15 is 0 Å². The highest BCUT2D eigenvalue weighted by molar-refractivity contribution is 9.10. The Labute approximate surface area is 111 Å². The standard InChI is InChI=1S/C11H11BrN2O4/c1-14-8(15)3-2-7(11(14)17)13-10(16)6-4-5-18-9(6)12/h4-5,7H,2-3H2,1H3,(H,13,16). The van der Waals surface area contributed by atoms with Gasteiger partial charge in [0.1, 0.15) is 6.04 Å². The predicted octanol–water partition coefficient (Wildman–Crippen LogP) is 0.919. The summed E-state index contributed by atoms with van der Waals surface area (Å²) in [7, 11) is 1.41. The van der Waals surface area contributed by atoms with Crippen molar-refractivity contribution in [3.8, 4) is 0 Å². The van der Waals surface area contributed by atoms with Crippen LogP contribution in [0.15, 0.2) is 21.4 Å². The molecular weight excluding hydrogens is 304 g/mol. The summed E-state index contributed by atoms with van der Waals surface area (Å²) >= 11 is 3.09. The molecule has 1 aromatic heterocycles. The Balaban J connectivity index is 2.06. The summed E-state index contributed by atoms with van der Waals surface area (Å²) in [5.41, 5.74) is 0.322. The number of halogens is 1. The zero-order chi connectivity index (χ0) is 13.3. The normalized spacial score (nSPS) is 20.1. The molecule has 96 valence electrons. The largest absolute Gasteiger partial charge is 0.457 e. The number of carbonyl (C=O) groups excluding carboxylic acids is 3. The lowest BCUT2D eigenvalue weighted by Crippen LogP contribution is -2.52. The minimum Gasteiger partial charge on any atom is -0.457 e. The number of likely N-dealkylation sites (tertiary alicyclic amines) is 1. The van der Waals surface area contributed by atoms with Crippen molar-refractivity contribution in [3.63, 3.8) is 0 Å². The Morgan fingerprint density at radius 2 is 2.28 bits per heavy atom. The van der Waals surface area contributed by atoms with Crippen molar-refractivity contribution in [2.24, 2.45) is 0 Å². The van der Waals surface area contributed by atoms with Gasteiger partial charge in [-0.3, -0.25) is 19.3 Å². The fourth-order valence-electron chi connectivity index (χ4n) is 1.74. The molecule has 0 aliphatic carbocycles. The number of rotatable bonds is 2. The summed E-state index contributed by atoms with van der Waals surface area (Å²) in [5.74, 6) is -1.02. The van der Waals surface area contributed by atoms with E-state index < -0.39 is 11.9 Å². The number of likely N-dealkylation sites (N-methyl/N-ethyl adjacent to an activating group) is 1. The number of amides is 3. The molecule has 1 aliphatic heterocycles. The molecule has 7 heteroatoms. The van der Waals surface area contributed by atoms with Crippen LogP contribution in [0.3, 0.4) is 0 Å². The minimum absolute atomic E-state index is 0.227. The highest BCUT2D eigenvalue weighted by atomic mass is 79.9. The van der Waals surface area contributed by atoms with Crippen LogP contribution in [0.25, 0.3) is 0 Å². The van der Waals surface area contributed by atoms with E-state index in [0.29, 0.717) is 16.7 Å². The average molecular weight is 315 g/mol. The van der Waals surface area contributed by atoms with Crippen LogP contribution < -0.4 is 5.32 Å². The summed E-state index contributed by atoms with van der Waals surface area (Å²) in [6.07, 6.45) is 1.94. The van der Waals surface area contributed by atoms with Gasteiger partial charge in [-0.15, -0.1) is 0 Å². The SMILES string of the molecule is CN1C(=O)CCC(NC(=O)c2ccoc2Br)C1=O. The second-order valence-corrected chi connectivity index (χ2v) is 4.68. The number of hydrogen-bond donors (Lipinski definition) is 1. The smallest absolute Gasteiger partial charge is 0.256 e. The van der Waals surface area contributed by atoms with Crippen LogP contribution in [0.2, 0.25) is 0 Å². The topological polar surface area (TPSA) is 79.6 Å². The zero-order valence-electron chi connectivity index (χ0n) is 9.60. The molecular formula is C11H11BrN2O4. The summed E-state index contributed by atoms with van der Waals surface area (Å²) in [5, 5.41) is 2.59. The summed E-state index contributed by atoms with van der Waals surface area (Å²) in [4.78, 5) is 36.0. The van der Waals surface area contributed by atoms with Crippen LogP contribution in [-0.4, -0.2) is 35.7 Å². The van der Waals surface area contributed by atoms with Crippen molar-refractivity contribution in [2.45, 2.75) is 18.9 Å². The van der Waals surface area contributed by atoms with E-state index in [1.165, 1.54) is 19.4 Å². The molecule has 2 rings (SSSR count). The van der Waals surface area contributed by atoms with E-state index in [0.717, 1.165) is 4.90 Å². The Kier molecular flexibility index (Phi) is 3.51. The van der Waals surface area contributed by atoms with Gasteiger partial charge in [0.25, 0.3) is 11.8 Å². The summed E-state index contributed by atoms with van der Waals surface area (Å²) in [6.45, 7) is 0. The van der Waals surface area contributed by atoms with E-state index in [1.54, 1.807) is 0 Å². The molecule has 1 saturated heterocycles. The van der Waals surface area contributed by atoms with Gasteiger partial charge in [-0.1, -0.05) is 0 Å². The van der Waals surface area contributed by atoms with Crippen LogP contribution >= 0.6 is 15.9 Å². The second kappa shape index (κ2) is 4.93. The molecule has 1 aliphatic rings. The monoisotopic (exact) mass is 314 g/mol. The number of nitrogens with one attached hydrogen (secondary N) is 1. The number of furan rings is 1. The van der Waals surface area contributed by atoms with E-state index in [-0.39, 0.29) is 18.2 Å². The van der Waals surface area contributed by atoms with Gasteiger partial charge in [0.15, 0.2) is 4.67 Å². The summed E-state index contributed by atoms with van der Waals surface area (Å²) < 4.78 is 5.26. The van der Waals surface area contributed by atoms with Gasteiger partial charge in [-0.05, 0) is 28.4 Å². The first-order valence-corrected chi connectivity index (χ1v) is 6.14. The van der Waals surface area contributed by atoms with Crippen molar-refractivity contribution in [2.75, 3.05) is 7.05 Å². The van der Waals surface area contributed by atoms with Crippen molar-refractivity contribution in [1.82, 2.24) is 10.2 Å². The number of imide groups is 1. The highest BCUT2D eigenvalue weighted by Crippen LogP contribution is 2.18. The maximum atomic E-state index is 11.9. The highest BCUT2D eigenvalue weighted by Gasteiger charge is 2.33. The maximum Gasteiger partial charge on any atom is 0.256 e. The maximum absolute atomic E-state index is 11.9.